The summed E-state index contributed by atoms with van der Waals surface area (Å²) in [6.45, 7) is 4.47. The lowest BCUT2D eigenvalue weighted by atomic mass is 9.84. The van der Waals surface area contributed by atoms with Crippen molar-refractivity contribution < 1.29 is 4.79 Å². The Balaban J connectivity index is 2.23. The van der Waals surface area contributed by atoms with Gasteiger partial charge >= 0.3 is 0 Å². The number of fused-ring (bicyclic) bond motifs is 1. The van der Waals surface area contributed by atoms with Crippen LogP contribution in [0.5, 0.6) is 0 Å². The normalized spacial score (nSPS) is 21.3. The molecule has 0 saturated heterocycles. The average molecular weight is 251 g/mol. The van der Waals surface area contributed by atoms with E-state index in [-0.39, 0.29) is 11.4 Å². The van der Waals surface area contributed by atoms with Gasteiger partial charge in [0, 0.05) is 13.5 Å². The third kappa shape index (κ3) is 1.67. The Kier molecular flexibility index (Phi) is 2.67. The van der Waals surface area contributed by atoms with Crippen LogP contribution in [0.25, 0.3) is 0 Å². The summed E-state index contributed by atoms with van der Waals surface area (Å²) in [7, 11) is 0. The molecule has 0 radical (unpaired) electrons. The van der Waals surface area contributed by atoms with Crippen molar-refractivity contribution in [2.75, 3.05) is 0 Å². The van der Waals surface area contributed by atoms with Crippen molar-refractivity contribution in [3.05, 3.63) is 71.3 Å². The summed E-state index contributed by atoms with van der Waals surface area (Å²) in [5.41, 5.74) is 3.28. The highest BCUT2D eigenvalue weighted by molar-refractivity contribution is 5.77. The number of nitrogens with zero attached hydrogens (tertiary/aromatic N) is 1. The summed E-state index contributed by atoms with van der Waals surface area (Å²) < 4.78 is 0. The number of rotatable bonds is 1. The van der Waals surface area contributed by atoms with Gasteiger partial charge in [0.05, 0.1) is 5.54 Å². The summed E-state index contributed by atoms with van der Waals surface area (Å²) >= 11 is 0. The van der Waals surface area contributed by atoms with Crippen LogP contribution in [-0.2, 0) is 16.9 Å². The van der Waals surface area contributed by atoms with E-state index in [4.69, 9.17) is 0 Å². The molecular weight excluding hydrogens is 234 g/mol. The van der Waals surface area contributed by atoms with Gasteiger partial charge in [-0.15, -0.1) is 0 Å². The maximum atomic E-state index is 12.0. The molecule has 1 aliphatic heterocycles. The van der Waals surface area contributed by atoms with Crippen molar-refractivity contribution in [2.45, 2.75) is 25.9 Å². The van der Waals surface area contributed by atoms with Gasteiger partial charge in [0.2, 0.25) is 5.91 Å². The topological polar surface area (TPSA) is 20.3 Å². The molecule has 2 aromatic carbocycles. The lowest BCUT2D eigenvalue weighted by molar-refractivity contribution is -0.133. The monoisotopic (exact) mass is 251 g/mol. The molecule has 0 bridgehead atoms. The quantitative estimate of drug-likeness (QED) is 0.761. The van der Waals surface area contributed by atoms with Gasteiger partial charge < -0.3 is 4.90 Å². The summed E-state index contributed by atoms with van der Waals surface area (Å²) in [6, 6.07) is 18.6. The van der Waals surface area contributed by atoms with E-state index in [1.54, 1.807) is 6.92 Å². The van der Waals surface area contributed by atoms with Crippen molar-refractivity contribution >= 4 is 5.91 Å². The second-order valence-electron chi connectivity index (χ2n) is 5.20. The minimum Gasteiger partial charge on any atom is -0.325 e. The van der Waals surface area contributed by atoms with E-state index in [9.17, 15) is 4.79 Å². The molecule has 1 unspecified atom stereocenters. The zero-order chi connectivity index (χ0) is 13.5. The molecule has 2 aromatic rings. The molecule has 2 heteroatoms. The van der Waals surface area contributed by atoms with Gasteiger partial charge in [-0.1, -0.05) is 54.6 Å². The Hall–Kier alpha value is -2.09. The van der Waals surface area contributed by atoms with Crippen molar-refractivity contribution in [3.8, 4) is 0 Å². The molecule has 1 aliphatic rings. The maximum absolute atomic E-state index is 12.0. The Morgan fingerprint density at radius 2 is 1.68 bits per heavy atom. The molecule has 0 saturated carbocycles. The molecule has 1 atom stereocenters. The Morgan fingerprint density at radius 3 is 2.37 bits per heavy atom. The minimum atomic E-state index is -0.357. The maximum Gasteiger partial charge on any atom is 0.220 e. The minimum absolute atomic E-state index is 0.113. The average Bonchev–Trinajstić information content (AvgIpc) is 2.75. The highest BCUT2D eigenvalue weighted by Crippen LogP contribution is 2.43. The number of carbonyl (C=O) groups excluding carboxylic acids is 1. The van der Waals surface area contributed by atoms with Gasteiger partial charge in [-0.05, 0) is 23.6 Å². The first-order valence-corrected chi connectivity index (χ1v) is 6.56. The van der Waals surface area contributed by atoms with Crippen LogP contribution < -0.4 is 0 Å². The molecule has 19 heavy (non-hydrogen) atoms. The van der Waals surface area contributed by atoms with Gasteiger partial charge in [-0.3, -0.25) is 4.79 Å². The van der Waals surface area contributed by atoms with Crippen LogP contribution >= 0.6 is 0 Å². The molecule has 0 aliphatic carbocycles. The van der Waals surface area contributed by atoms with Gasteiger partial charge in [-0.25, -0.2) is 0 Å². The highest BCUT2D eigenvalue weighted by atomic mass is 16.2. The molecule has 0 fully saturated rings. The largest absolute Gasteiger partial charge is 0.325 e. The predicted octanol–water partition coefficient (Wildman–Crippen LogP) is 3.31. The Bertz CT molecular complexity index is 620. The number of benzene rings is 2. The van der Waals surface area contributed by atoms with Gasteiger partial charge in [-0.2, -0.15) is 0 Å². The fraction of sp³-hybridized carbons (Fsp3) is 0.235. The van der Waals surface area contributed by atoms with Crippen LogP contribution in [-0.4, -0.2) is 10.8 Å². The fourth-order valence-corrected chi connectivity index (χ4v) is 3.11. The molecule has 1 amide bonds. The van der Waals surface area contributed by atoms with Crippen molar-refractivity contribution in [1.82, 2.24) is 4.90 Å². The van der Waals surface area contributed by atoms with Crippen LogP contribution in [0, 0.1) is 0 Å². The summed E-state index contributed by atoms with van der Waals surface area (Å²) in [5.74, 6) is 0.113. The second-order valence-corrected chi connectivity index (χ2v) is 5.20. The van der Waals surface area contributed by atoms with E-state index >= 15 is 0 Å². The second kappa shape index (κ2) is 4.23. The number of amides is 1. The van der Waals surface area contributed by atoms with Gasteiger partial charge in [0.25, 0.3) is 0 Å². The number of hydrogen-bond acceptors (Lipinski definition) is 1. The van der Waals surface area contributed by atoms with E-state index in [0.29, 0.717) is 6.54 Å². The summed E-state index contributed by atoms with van der Waals surface area (Å²) in [5, 5.41) is 0. The van der Waals surface area contributed by atoms with Crippen LogP contribution in [0.4, 0.5) is 0 Å². The lowest BCUT2D eigenvalue weighted by Gasteiger charge is -2.36. The SMILES string of the molecule is CC(=O)N1Cc2ccccc2C1(C)c1ccccc1. The highest BCUT2D eigenvalue weighted by Gasteiger charge is 2.43. The number of hydrogen-bond donors (Lipinski definition) is 0. The smallest absolute Gasteiger partial charge is 0.220 e. The molecule has 0 N–H and O–H groups in total. The molecule has 96 valence electrons. The van der Waals surface area contributed by atoms with Gasteiger partial charge in [0.1, 0.15) is 0 Å². The van der Waals surface area contributed by atoms with E-state index < -0.39 is 0 Å². The van der Waals surface area contributed by atoms with Crippen LogP contribution in [0.15, 0.2) is 54.6 Å². The fourth-order valence-electron chi connectivity index (χ4n) is 3.11. The van der Waals surface area contributed by atoms with E-state index in [0.717, 1.165) is 5.56 Å². The first-order valence-electron chi connectivity index (χ1n) is 6.56. The molecule has 2 nitrogen and oxygen atoms in total. The third-order valence-corrected chi connectivity index (χ3v) is 4.13. The van der Waals surface area contributed by atoms with Crippen molar-refractivity contribution in [1.29, 1.82) is 0 Å². The predicted molar refractivity (Wildman–Crippen MR) is 75.6 cm³/mol. The zero-order valence-corrected chi connectivity index (χ0v) is 11.3. The van der Waals surface area contributed by atoms with Crippen molar-refractivity contribution in [3.63, 3.8) is 0 Å². The molecule has 3 rings (SSSR count). The first-order chi connectivity index (χ1) is 9.14. The van der Waals surface area contributed by atoms with Crippen LogP contribution in [0.1, 0.15) is 30.5 Å². The third-order valence-electron chi connectivity index (χ3n) is 4.13. The van der Waals surface area contributed by atoms with Crippen LogP contribution in [0.3, 0.4) is 0 Å². The standard InChI is InChI=1S/C17H17NO/c1-13(19)18-12-14-8-6-7-11-16(14)17(18,2)15-9-4-3-5-10-15/h3-11H,12H2,1-2H3. The van der Waals surface area contributed by atoms with E-state index in [1.807, 2.05) is 35.2 Å². The summed E-state index contributed by atoms with van der Waals surface area (Å²) in [6.07, 6.45) is 0. The Labute approximate surface area is 113 Å². The first kappa shape index (κ1) is 12.0. The summed E-state index contributed by atoms with van der Waals surface area (Å²) in [4.78, 5) is 14.0. The zero-order valence-electron chi connectivity index (χ0n) is 11.3. The Morgan fingerprint density at radius 1 is 1.05 bits per heavy atom. The van der Waals surface area contributed by atoms with E-state index in [2.05, 4.69) is 31.2 Å². The van der Waals surface area contributed by atoms with Crippen LogP contribution in [0.2, 0.25) is 0 Å². The number of carbonyl (C=O) groups is 1. The molecular formula is C17H17NO. The molecule has 1 heterocycles. The van der Waals surface area contributed by atoms with Gasteiger partial charge in [0.15, 0.2) is 0 Å². The lowest BCUT2D eigenvalue weighted by Crippen LogP contribution is -2.42. The van der Waals surface area contributed by atoms with Crippen molar-refractivity contribution in [2.24, 2.45) is 0 Å². The molecule has 0 aromatic heterocycles. The molecule has 0 spiro atoms. The van der Waals surface area contributed by atoms with E-state index in [1.165, 1.54) is 11.1 Å².